The monoisotopic (exact) mass is 386 g/mol. The van der Waals surface area contributed by atoms with Crippen molar-refractivity contribution >= 4 is 23.0 Å². The van der Waals surface area contributed by atoms with Crippen molar-refractivity contribution in [3.8, 4) is 0 Å². The molecule has 0 N–H and O–H groups in total. The van der Waals surface area contributed by atoms with Crippen molar-refractivity contribution in [3.63, 3.8) is 0 Å². The Morgan fingerprint density at radius 2 is 1.89 bits per heavy atom. The summed E-state index contributed by atoms with van der Waals surface area (Å²) in [6.45, 7) is 2.14. The van der Waals surface area contributed by atoms with Crippen LogP contribution in [-0.4, -0.2) is 33.4 Å². The molecule has 140 valence electrons. The minimum absolute atomic E-state index is 0.134. The number of rotatable bonds is 5. The predicted molar refractivity (Wildman–Crippen MR) is 100 cm³/mol. The van der Waals surface area contributed by atoms with Gasteiger partial charge in [0.1, 0.15) is 6.04 Å². The average Bonchev–Trinajstić information content (AvgIpc) is 3.12. The quantitative estimate of drug-likeness (QED) is 0.339. The number of aryl methyl sites for hydroxylation is 1. The molecule has 1 aliphatic heterocycles. The molecule has 0 spiro atoms. The van der Waals surface area contributed by atoms with Gasteiger partial charge >= 0.3 is 5.97 Å². The third-order valence-electron chi connectivity index (χ3n) is 4.36. The Bertz CT molecular complexity index is 897. The van der Waals surface area contributed by atoms with Crippen molar-refractivity contribution in [3.05, 3.63) is 81.4 Å². The van der Waals surface area contributed by atoms with Crippen LogP contribution in [0, 0.1) is 17.0 Å². The van der Waals surface area contributed by atoms with Gasteiger partial charge in [-0.3, -0.25) is 10.1 Å². The molecule has 2 aromatic rings. The van der Waals surface area contributed by atoms with Gasteiger partial charge in [-0.05, 0) is 19.1 Å². The number of carbonyl (C=O) groups is 1. The molecule has 0 aromatic heterocycles. The maximum Gasteiger partial charge on any atom is 0.335 e. The van der Waals surface area contributed by atoms with Crippen molar-refractivity contribution in [1.82, 2.24) is 4.31 Å². The van der Waals surface area contributed by atoms with Gasteiger partial charge in [-0.2, -0.15) is 0 Å². The molecule has 3 rings (SSSR count). The zero-order chi connectivity index (χ0) is 19.6. The second kappa shape index (κ2) is 7.91. The number of hydrogen-bond donors (Lipinski definition) is 0. The van der Waals surface area contributed by atoms with Crippen LogP contribution in [0.1, 0.15) is 17.2 Å². The van der Waals surface area contributed by atoms with Crippen molar-refractivity contribution < 1.29 is 19.0 Å². The van der Waals surface area contributed by atoms with Crippen LogP contribution in [0.15, 0.2) is 65.1 Å². The van der Waals surface area contributed by atoms with Gasteiger partial charge in [-0.25, -0.2) is 4.79 Å². The Hall–Kier alpha value is -2.68. The van der Waals surface area contributed by atoms with Crippen LogP contribution >= 0.6 is 0 Å². The minimum Gasteiger partial charge on any atom is -0.593 e. The summed E-state index contributed by atoms with van der Waals surface area (Å²) in [5.41, 5.74) is 1.44. The first-order valence-corrected chi connectivity index (χ1v) is 9.31. The lowest BCUT2D eigenvalue weighted by atomic mass is 9.99. The van der Waals surface area contributed by atoms with Gasteiger partial charge < -0.3 is 9.29 Å². The van der Waals surface area contributed by atoms with Crippen LogP contribution in [0.2, 0.25) is 0 Å². The highest BCUT2D eigenvalue weighted by Gasteiger charge is 2.43. The molecule has 1 heterocycles. The number of nitro groups is 1. The highest BCUT2D eigenvalue weighted by Crippen LogP contribution is 2.41. The Labute approximate surface area is 159 Å². The lowest BCUT2D eigenvalue weighted by Gasteiger charge is -2.27. The lowest BCUT2D eigenvalue weighted by molar-refractivity contribution is -0.385. The number of benzene rings is 2. The molecule has 27 heavy (non-hydrogen) atoms. The van der Waals surface area contributed by atoms with Crippen LogP contribution in [0.3, 0.4) is 0 Å². The molecule has 2 unspecified atom stereocenters. The van der Waals surface area contributed by atoms with Crippen LogP contribution in [0.25, 0.3) is 0 Å². The number of esters is 1. The molecule has 7 nitrogen and oxygen atoms in total. The summed E-state index contributed by atoms with van der Waals surface area (Å²) >= 11 is -1.61. The summed E-state index contributed by atoms with van der Waals surface area (Å²) in [4.78, 5) is 23.8. The zero-order valence-corrected chi connectivity index (χ0v) is 15.6. The first-order valence-electron chi connectivity index (χ1n) is 8.21. The third-order valence-corrected chi connectivity index (χ3v) is 5.82. The van der Waals surface area contributed by atoms with Crippen LogP contribution < -0.4 is 0 Å². The van der Waals surface area contributed by atoms with E-state index >= 15 is 0 Å². The van der Waals surface area contributed by atoms with E-state index < -0.39 is 28.3 Å². The van der Waals surface area contributed by atoms with E-state index in [1.165, 1.54) is 13.2 Å². The summed E-state index contributed by atoms with van der Waals surface area (Å²) in [7, 11) is 1.25. The smallest absolute Gasteiger partial charge is 0.335 e. The van der Waals surface area contributed by atoms with Gasteiger partial charge in [0.25, 0.3) is 5.69 Å². The highest BCUT2D eigenvalue weighted by molar-refractivity contribution is 7.89. The zero-order valence-electron chi connectivity index (χ0n) is 14.8. The minimum atomic E-state index is -1.61. The van der Waals surface area contributed by atoms with Crippen LogP contribution in [0.5, 0.6) is 0 Å². The highest BCUT2D eigenvalue weighted by atomic mass is 32.2. The van der Waals surface area contributed by atoms with E-state index in [-0.39, 0.29) is 17.8 Å². The summed E-state index contributed by atoms with van der Waals surface area (Å²) in [5, 5.41) is 11.5. The molecule has 8 heteroatoms. The molecular weight excluding hydrogens is 368 g/mol. The van der Waals surface area contributed by atoms with Gasteiger partial charge in [0, 0.05) is 6.07 Å². The fraction of sp³-hybridized carbons (Fsp3) is 0.211. The number of hydrogen-bond acceptors (Lipinski definition) is 6. The number of carbonyl (C=O) groups excluding carboxylic acids is 1. The SMILES string of the molecule is COC(=O)C1=CCN([S+]([O-])c2ccc(C)cc2)C1c1ccccc1[N+](=O)[O-]. The van der Waals surface area contributed by atoms with E-state index in [0.717, 1.165) is 5.56 Å². The van der Waals surface area contributed by atoms with Crippen molar-refractivity contribution in [1.29, 1.82) is 0 Å². The fourth-order valence-corrected chi connectivity index (χ4v) is 4.30. The third kappa shape index (κ3) is 3.73. The summed E-state index contributed by atoms with van der Waals surface area (Å²) in [5.74, 6) is -0.596. The normalized spacial score (nSPS) is 18.0. The van der Waals surface area contributed by atoms with Gasteiger partial charge in [0.15, 0.2) is 4.90 Å². The number of ether oxygens (including phenoxy) is 1. The van der Waals surface area contributed by atoms with E-state index in [9.17, 15) is 19.5 Å². The number of nitro benzene ring substituents is 1. The van der Waals surface area contributed by atoms with E-state index in [4.69, 9.17) is 4.74 Å². The molecule has 1 aliphatic rings. The molecule has 0 amide bonds. The Balaban J connectivity index is 2.06. The Morgan fingerprint density at radius 3 is 2.52 bits per heavy atom. The molecule has 0 aliphatic carbocycles. The first-order chi connectivity index (χ1) is 12.9. The number of methoxy groups -OCH3 is 1. The van der Waals surface area contributed by atoms with Crippen molar-refractivity contribution in [2.75, 3.05) is 13.7 Å². The largest absolute Gasteiger partial charge is 0.593 e. The molecule has 0 radical (unpaired) electrons. The van der Waals surface area contributed by atoms with Gasteiger partial charge in [-0.1, -0.05) is 42.0 Å². The Morgan fingerprint density at radius 1 is 1.22 bits per heavy atom. The summed E-state index contributed by atoms with van der Waals surface area (Å²) < 4.78 is 19.5. The van der Waals surface area contributed by atoms with E-state index in [0.29, 0.717) is 10.5 Å². The fourth-order valence-electron chi connectivity index (χ4n) is 3.03. The van der Waals surface area contributed by atoms with Crippen LogP contribution in [-0.2, 0) is 20.9 Å². The summed E-state index contributed by atoms with van der Waals surface area (Å²) in [6, 6.07) is 12.5. The van der Waals surface area contributed by atoms with Crippen LogP contribution in [0.4, 0.5) is 5.69 Å². The number of para-hydroxylation sites is 1. The van der Waals surface area contributed by atoms with E-state index in [1.807, 2.05) is 19.1 Å². The average molecular weight is 386 g/mol. The lowest BCUT2D eigenvalue weighted by Crippen LogP contribution is -2.33. The van der Waals surface area contributed by atoms with Crippen molar-refractivity contribution in [2.45, 2.75) is 17.9 Å². The second-order valence-electron chi connectivity index (χ2n) is 6.03. The molecule has 0 fully saturated rings. The summed E-state index contributed by atoms with van der Waals surface area (Å²) in [6.07, 6.45) is 1.61. The van der Waals surface area contributed by atoms with Gasteiger partial charge in [0.05, 0.1) is 41.1 Å². The van der Waals surface area contributed by atoms with Crippen molar-refractivity contribution in [2.24, 2.45) is 0 Å². The number of nitrogens with zero attached hydrogens (tertiary/aromatic N) is 2. The van der Waals surface area contributed by atoms with Gasteiger partial charge in [-0.15, -0.1) is 4.31 Å². The molecule has 0 saturated heterocycles. The first kappa shape index (κ1) is 19.1. The van der Waals surface area contributed by atoms with Gasteiger partial charge in [0.2, 0.25) is 0 Å². The topological polar surface area (TPSA) is 95.7 Å². The standard InChI is InChI=1S/C19H18N2O5S/c1-13-7-9-14(10-8-13)27(25)20-12-11-16(19(22)26-2)18(20)15-5-3-4-6-17(15)21(23)24/h3-11,18H,12H2,1-2H3. The predicted octanol–water partition coefficient (Wildman–Crippen LogP) is 3.08. The molecule has 2 aromatic carbocycles. The Kier molecular flexibility index (Phi) is 5.59. The van der Waals surface area contributed by atoms with E-state index in [2.05, 4.69) is 0 Å². The maximum absolute atomic E-state index is 13.2. The maximum atomic E-state index is 13.2. The molecule has 0 bridgehead atoms. The molecule has 0 saturated carbocycles. The second-order valence-corrected chi connectivity index (χ2v) is 7.47. The molecule has 2 atom stereocenters. The molecular formula is C19H18N2O5S. The van der Waals surface area contributed by atoms with E-state index in [1.54, 1.807) is 40.7 Å².